The van der Waals surface area contributed by atoms with Crippen LogP contribution in [0.2, 0.25) is 0 Å². The van der Waals surface area contributed by atoms with E-state index in [1.807, 2.05) is 13.0 Å². The van der Waals surface area contributed by atoms with Gasteiger partial charge in [-0.05, 0) is 52.3 Å². The van der Waals surface area contributed by atoms with Crippen LogP contribution in [-0.4, -0.2) is 31.2 Å². The number of hydrogen-bond acceptors (Lipinski definition) is 4. The Kier molecular flexibility index (Phi) is 5.29. The lowest BCUT2D eigenvalue weighted by molar-refractivity contribution is -0.126. The van der Waals surface area contributed by atoms with Gasteiger partial charge in [0.25, 0.3) is 0 Å². The summed E-state index contributed by atoms with van der Waals surface area (Å²) in [6.45, 7) is 8.18. The molecule has 132 valence electrons. The van der Waals surface area contributed by atoms with E-state index in [4.69, 9.17) is 9.47 Å². The van der Waals surface area contributed by atoms with Gasteiger partial charge in [-0.15, -0.1) is 0 Å². The zero-order valence-electron chi connectivity index (χ0n) is 14.9. The van der Waals surface area contributed by atoms with Crippen LogP contribution in [0.5, 0.6) is 11.5 Å². The van der Waals surface area contributed by atoms with Gasteiger partial charge in [0.15, 0.2) is 0 Å². The van der Waals surface area contributed by atoms with E-state index < -0.39 is 0 Å². The van der Waals surface area contributed by atoms with Crippen LogP contribution in [0.1, 0.15) is 44.7 Å². The second-order valence-corrected chi connectivity index (χ2v) is 6.93. The largest absolute Gasteiger partial charge is 0.494 e. The van der Waals surface area contributed by atoms with E-state index in [0.717, 1.165) is 42.9 Å². The molecule has 0 aliphatic carbocycles. The van der Waals surface area contributed by atoms with Crippen molar-refractivity contribution in [3.8, 4) is 11.5 Å². The summed E-state index contributed by atoms with van der Waals surface area (Å²) >= 11 is 0. The maximum atomic E-state index is 12.5. The lowest BCUT2D eigenvalue weighted by Gasteiger charge is -2.27. The second kappa shape index (κ2) is 7.43. The summed E-state index contributed by atoms with van der Waals surface area (Å²) in [4.78, 5) is 12.5. The minimum atomic E-state index is 0.0995. The van der Waals surface area contributed by atoms with Crippen LogP contribution in [0, 0.1) is 5.92 Å². The third-order valence-corrected chi connectivity index (χ3v) is 4.83. The van der Waals surface area contributed by atoms with E-state index in [2.05, 4.69) is 30.5 Å². The average molecular weight is 332 g/mol. The minimum Gasteiger partial charge on any atom is -0.494 e. The van der Waals surface area contributed by atoms with Crippen molar-refractivity contribution >= 4 is 5.91 Å². The van der Waals surface area contributed by atoms with Crippen LogP contribution in [0.3, 0.4) is 0 Å². The van der Waals surface area contributed by atoms with Crippen LogP contribution < -0.4 is 20.1 Å². The number of nitrogens with one attached hydrogen (secondary N) is 2. The molecule has 1 unspecified atom stereocenters. The van der Waals surface area contributed by atoms with E-state index in [9.17, 15) is 4.79 Å². The molecule has 2 aliphatic heterocycles. The number of piperidine rings is 1. The minimum absolute atomic E-state index is 0.0995. The Balaban J connectivity index is 1.67. The molecule has 1 fully saturated rings. The predicted molar refractivity (Wildman–Crippen MR) is 93.4 cm³/mol. The number of ether oxygens (including phenoxy) is 2. The van der Waals surface area contributed by atoms with Crippen molar-refractivity contribution in [3.63, 3.8) is 0 Å². The van der Waals surface area contributed by atoms with Crippen molar-refractivity contribution in [2.75, 3.05) is 13.2 Å². The number of hydrogen-bond donors (Lipinski definition) is 2. The molecule has 2 aliphatic rings. The first-order valence-corrected chi connectivity index (χ1v) is 9.03. The summed E-state index contributed by atoms with van der Waals surface area (Å²) in [5, 5.41) is 6.47. The highest BCUT2D eigenvalue weighted by molar-refractivity contribution is 5.78. The maximum Gasteiger partial charge on any atom is 0.223 e. The Morgan fingerprint density at radius 1 is 1.42 bits per heavy atom. The normalized spacial score (nSPS) is 25.7. The van der Waals surface area contributed by atoms with Crippen molar-refractivity contribution in [2.24, 2.45) is 5.92 Å². The smallest absolute Gasteiger partial charge is 0.223 e. The number of amides is 1. The Labute approximate surface area is 144 Å². The van der Waals surface area contributed by atoms with Gasteiger partial charge in [0.1, 0.15) is 17.6 Å². The van der Waals surface area contributed by atoms with E-state index >= 15 is 0 Å². The molecule has 5 nitrogen and oxygen atoms in total. The molecule has 1 aromatic rings. The molecular weight excluding hydrogens is 304 g/mol. The van der Waals surface area contributed by atoms with Gasteiger partial charge in [0.05, 0.1) is 6.61 Å². The molecule has 5 heteroatoms. The third-order valence-electron chi connectivity index (χ3n) is 4.83. The highest BCUT2D eigenvalue weighted by atomic mass is 16.5. The zero-order chi connectivity index (χ0) is 17.1. The first-order chi connectivity index (χ1) is 11.6. The monoisotopic (exact) mass is 332 g/mol. The summed E-state index contributed by atoms with van der Waals surface area (Å²) in [7, 11) is 0. The average Bonchev–Trinajstić information content (AvgIpc) is 2.91. The SMILES string of the molecule is CCOc1cc2c(cc1CNC(=O)[C@H]1CCN[C@@H](C)C1)OC(C)C2. The van der Waals surface area contributed by atoms with Gasteiger partial charge >= 0.3 is 0 Å². The molecule has 2 heterocycles. The van der Waals surface area contributed by atoms with E-state index in [0.29, 0.717) is 19.2 Å². The summed E-state index contributed by atoms with van der Waals surface area (Å²) in [6.07, 6.45) is 2.92. The first kappa shape index (κ1) is 17.1. The van der Waals surface area contributed by atoms with E-state index in [-0.39, 0.29) is 17.9 Å². The summed E-state index contributed by atoms with van der Waals surface area (Å²) in [5.41, 5.74) is 2.17. The van der Waals surface area contributed by atoms with Crippen molar-refractivity contribution in [2.45, 2.75) is 58.7 Å². The van der Waals surface area contributed by atoms with Crippen molar-refractivity contribution in [1.29, 1.82) is 0 Å². The van der Waals surface area contributed by atoms with Gasteiger partial charge in [0.2, 0.25) is 5.91 Å². The first-order valence-electron chi connectivity index (χ1n) is 9.03. The van der Waals surface area contributed by atoms with Crippen molar-refractivity contribution in [1.82, 2.24) is 10.6 Å². The second-order valence-electron chi connectivity index (χ2n) is 6.93. The Morgan fingerprint density at radius 3 is 3.00 bits per heavy atom. The molecule has 0 aromatic heterocycles. The Morgan fingerprint density at radius 2 is 2.25 bits per heavy atom. The van der Waals surface area contributed by atoms with Crippen molar-refractivity contribution < 1.29 is 14.3 Å². The molecule has 3 rings (SSSR count). The highest BCUT2D eigenvalue weighted by Gasteiger charge is 2.25. The summed E-state index contributed by atoms with van der Waals surface area (Å²) in [5.74, 6) is 2.02. The van der Waals surface area contributed by atoms with Crippen LogP contribution in [0.15, 0.2) is 12.1 Å². The molecular formula is C19H28N2O3. The van der Waals surface area contributed by atoms with Gasteiger partial charge in [-0.3, -0.25) is 4.79 Å². The quantitative estimate of drug-likeness (QED) is 0.869. The Hall–Kier alpha value is -1.75. The molecule has 0 spiro atoms. The number of benzene rings is 1. The number of carbonyl (C=O) groups is 1. The summed E-state index contributed by atoms with van der Waals surface area (Å²) < 4.78 is 11.6. The molecule has 1 aromatic carbocycles. The van der Waals surface area contributed by atoms with Crippen LogP contribution in [0.25, 0.3) is 0 Å². The molecule has 0 saturated carbocycles. The number of rotatable bonds is 5. The molecule has 1 saturated heterocycles. The fraction of sp³-hybridized carbons (Fsp3) is 0.632. The number of fused-ring (bicyclic) bond motifs is 1. The molecule has 1 amide bonds. The summed E-state index contributed by atoms with van der Waals surface area (Å²) in [6, 6.07) is 4.49. The highest BCUT2D eigenvalue weighted by Crippen LogP contribution is 2.35. The van der Waals surface area contributed by atoms with Crippen molar-refractivity contribution in [3.05, 3.63) is 23.3 Å². The topological polar surface area (TPSA) is 59.6 Å². The zero-order valence-corrected chi connectivity index (χ0v) is 14.9. The standard InChI is InChI=1S/C19H28N2O3/c1-4-23-17-9-15-8-13(3)24-18(15)10-16(17)11-21-19(22)14-5-6-20-12(2)7-14/h9-10,12-14,20H,4-8,11H2,1-3H3,(H,21,22)/t12-,13?,14-/m0/s1. The van der Waals surface area contributed by atoms with Crippen LogP contribution in [-0.2, 0) is 17.8 Å². The van der Waals surface area contributed by atoms with Gasteiger partial charge in [-0.2, -0.15) is 0 Å². The lowest BCUT2D eigenvalue weighted by atomic mass is 9.92. The predicted octanol–water partition coefficient (Wildman–Crippen LogP) is 2.41. The molecule has 0 bridgehead atoms. The molecule has 2 N–H and O–H groups in total. The molecule has 3 atom stereocenters. The van der Waals surface area contributed by atoms with Gasteiger partial charge in [-0.25, -0.2) is 0 Å². The van der Waals surface area contributed by atoms with Crippen LogP contribution in [0.4, 0.5) is 0 Å². The Bertz CT molecular complexity index is 603. The molecule has 24 heavy (non-hydrogen) atoms. The van der Waals surface area contributed by atoms with Gasteiger partial charge in [-0.1, -0.05) is 0 Å². The van der Waals surface area contributed by atoms with Gasteiger partial charge < -0.3 is 20.1 Å². The van der Waals surface area contributed by atoms with E-state index in [1.165, 1.54) is 5.56 Å². The fourth-order valence-corrected chi connectivity index (χ4v) is 3.61. The fourth-order valence-electron chi connectivity index (χ4n) is 3.61. The number of carbonyl (C=O) groups excluding carboxylic acids is 1. The molecule has 0 radical (unpaired) electrons. The maximum absolute atomic E-state index is 12.5. The van der Waals surface area contributed by atoms with Gasteiger partial charge in [0, 0.05) is 36.1 Å². The third kappa shape index (κ3) is 3.83. The van der Waals surface area contributed by atoms with E-state index in [1.54, 1.807) is 0 Å². The van der Waals surface area contributed by atoms with Crippen LogP contribution >= 0.6 is 0 Å². The lowest BCUT2D eigenvalue weighted by Crippen LogP contribution is -2.42.